The van der Waals surface area contributed by atoms with Gasteiger partial charge in [-0.15, -0.1) is 0 Å². The predicted octanol–water partition coefficient (Wildman–Crippen LogP) is 2.62. The van der Waals surface area contributed by atoms with Gasteiger partial charge in [0, 0.05) is 12.2 Å². The van der Waals surface area contributed by atoms with Crippen LogP contribution in [0, 0.1) is 6.92 Å². The van der Waals surface area contributed by atoms with Crippen molar-refractivity contribution in [2.75, 3.05) is 7.11 Å². The Labute approximate surface area is 118 Å². The highest BCUT2D eigenvalue weighted by atomic mass is 16.5. The Morgan fingerprint density at radius 3 is 2.95 bits per heavy atom. The predicted molar refractivity (Wildman–Crippen MR) is 74.3 cm³/mol. The van der Waals surface area contributed by atoms with Crippen LogP contribution in [0.4, 0.5) is 0 Å². The van der Waals surface area contributed by atoms with Crippen LogP contribution in [0.25, 0.3) is 0 Å². The fourth-order valence-electron chi connectivity index (χ4n) is 1.93. The topological polar surface area (TPSA) is 64.4 Å². The Kier molecular flexibility index (Phi) is 4.53. The number of ether oxygens (including phenoxy) is 1. The van der Waals surface area contributed by atoms with Gasteiger partial charge in [-0.2, -0.15) is 0 Å². The minimum absolute atomic E-state index is 0.100. The molecule has 0 aliphatic carbocycles. The maximum Gasteiger partial charge on any atom is 0.341 e. The van der Waals surface area contributed by atoms with Crippen molar-refractivity contribution < 1.29 is 13.9 Å². The van der Waals surface area contributed by atoms with E-state index in [2.05, 4.69) is 10.3 Å². The monoisotopic (exact) mass is 274 g/mol. The van der Waals surface area contributed by atoms with E-state index < -0.39 is 0 Å². The van der Waals surface area contributed by atoms with Crippen LogP contribution in [0.2, 0.25) is 0 Å². The molecule has 0 radical (unpaired) electrons. The molecule has 0 fully saturated rings. The molecule has 106 valence electrons. The van der Waals surface area contributed by atoms with Crippen LogP contribution < -0.4 is 5.32 Å². The van der Waals surface area contributed by atoms with Crippen LogP contribution in [0.1, 0.15) is 40.5 Å². The van der Waals surface area contributed by atoms with Crippen molar-refractivity contribution >= 4 is 5.97 Å². The Balaban J connectivity index is 1.99. The number of carbonyl (C=O) groups excluding carboxylic acids is 1. The van der Waals surface area contributed by atoms with Gasteiger partial charge >= 0.3 is 5.97 Å². The van der Waals surface area contributed by atoms with Crippen molar-refractivity contribution in [1.29, 1.82) is 0 Å². The van der Waals surface area contributed by atoms with Crippen molar-refractivity contribution in [2.45, 2.75) is 26.4 Å². The number of pyridine rings is 1. The van der Waals surface area contributed by atoms with Crippen molar-refractivity contribution in [3.8, 4) is 0 Å². The summed E-state index contributed by atoms with van der Waals surface area (Å²) in [4.78, 5) is 15.8. The molecule has 0 saturated carbocycles. The number of rotatable bonds is 5. The number of aromatic nitrogens is 1. The molecule has 0 bridgehead atoms. The number of aryl methyl sites for hydroxylation is 1. The normalized spacial score (nSPS) is 12.2. The summed E-state index contributed by atoms with van der Waals surface area (Å²) >= 11 is 0. The highest BCUT2D eigenvalue weighted by molar-refractivity contribution is 5.90. The fourth-order valence-corrected chi connectivity index (χ4v) is 1.93. The second kappa shape index (κ2) is 6.34. The molecular formula is C15H18N2O3. The fraction of sp³-hybridized carbons (Fsp3) is 0.333. The van der Waals surface area contributed by atoms with Gasteiger partial charge in [0.1, 0.15) is 17.1 Å². The van der Waals surface area contributed by atoms with E-state index in [0.29, 0.717) is 23.6 Å². The third kappa shape index (κ3) is 3.24. The molecular weight excluding hydrogens is 256 g/mol. The zero-order valence-electron chi connectivity index (χ0n) is 11.8. The number of methoxy groups -OCH3 is 1. The van der Waals surface area contributed by atoms with E-state index in [0.717, 1.165) is 5.69 Å². The van der Waals surface area contributed by atoms with Crippen LogP contribution >= 0.6 is 0 Å². The number of esters is 1. The molecule has 0 amide bonds. The van der Waals surface area contributed by atoms with E-state index >= 15 is 0 Å². The average Bonchev–Trinajstić information content (AvgIpc) is 2.86. The molecule has 5 heteroatoms. The largest absolute Gasteiger partial charge is 0.465 e. The lowest BCUT2D eigenvalue weighted by molar-refractivity contribution is 0.0599. The van der Waals surface area contributed by atoms with E-state index in [1.807, 2.05) is 25.1 Å². The number of nitrogens with zero attached hydrogens (tertiary/aromatic N) is 1. The molecule has 20 heavy (non-hydrogen) atoms. The maximum atomic E-state index is 11.5. The van der Waals surface area contributed by atoms with Crippen LogP contribution in [-0.2, 0) is 11.3 Å². The second-order valence-corrected chi connectivity index (χ2v) is 4.53. The summed E-state index contributed by atoms with van der Waals surface area (Å²) in [7, 11) is 1.36. The van der Waals surface area contributed by atoms with Crippen LogP contribution in [0.5, 0.6) is 0 Å². The van der Waals surface area contributed by atoms with Gasteiger partial charge in [0.25, 0.3) is 0 Å². The summed E-state index contributed by atoms with van der Waals surface area (Å²) in [6.45, 7) is 4.30. The quantitative estimate of drug-likeness (QED) is 0.849. The number of nitrogens with one attached hydrogen (secondary N) is 1. The molecule has 0 unspecified atom stereocenters. The lowest BCUT2D eigenvalue weighted by Crippen LogP contribution is -2.18. The first-order valence-corrected chi connectivity index (χ1v) is 6.43. The molecule has 5 nitrogen and oxygen atoms in total. The Bertz CT molecular complexity index is 578. The van der Waals surface area contributed by atoms with E-state index in [4.69, 9.17) is 9.15 Å². The van der Waals surface area contributed by atoms with Gasteiger partial charge in [-0.25, -0.2) is 4.79 Å². The molecule has 0 saturated heterocycles. The lowest BCUT2D eigenvalue weighted by Gasteiger charge is -2.11. The van der Waals surface area contributed by atoms with Crippen molar-refractivity contribution in [2.24, 2.45) is 0 Å². The summed E-state index contributed by atoms with van der Waals surface area (Å²) in [5.41, 5.74) is 1.43. The summed E-state index contributed by atoms with van der Waals surface area (Å²) in [6.07, 6.45) is 1.76. The molecule has 0 aromatic carbocycles. The summed E-state index contributed by atoms with van der Waals surface area (Å²) in [6, 6.07) is 7.61. The first-order chi connectivity index (χ1) is 9.61. The van der Waals surface area contributed by atoms with Gasteiger partial charge in [-0.1, -0.05) is 6.07 Å². The van der Waals surface area contributed by atoms with E-state index in [9.17, 15) is 4.79 Å². The molecule has 1 N–H and O–H groups in total. The Morgan fingerprint density at radius 2 is 2.30 bits per heavy atom. The van der Waals surface area contributed by atoms with E-state index in [-0.39, 0.29) is 12.0 Å². The van der Waals surface area contributed by atoms with Gasteiger partial charge in [-0.05, 0) is 32.0 Å². The molecule has 0 aliphatic heterocycles. The third-order valence-electron chi connectivity index (χ3n) is 3.09. The van der Waals surface area contributed by atoms with E-state index in [1.165, 1.54) is 7.11 Å². The standard InChI is InChI=1S/C15H18N2O3/c1-10(14-6-4-5-7-16-14)17-9-12-8-13(11(2)20-12)15(18)19-3/h4-8,10,17H,9H2,1-3H3/t10-/m1/s1. The minimum atomic E-state index is -0.379. The lowest BCUT2D eigenvalue weighted by atomic mass is 10.2. The molecule has 2 aromatic heterocycles. The van der Waals surface area contributed by atoms with E-state index in [1.54, 1.807) is 19.2 Å². The highest BCUT2D eigenvalue weighted by Gasteiger charge is 2.15. The van der Waals surface area contributed by atoms with Gasteiger partial charge in [0.2, 0.25) is 0 Å². The van der Waals surface area contributed by atoms with Gasteiger partial charge in [-0.3, -0.25) is 4.98 Å². The molecule has 2 heterocycles. The number of hydrogen-bond donors (Lipinski definition) is 1. The molecule has 1 atom stereocenters. The molecule has 2 rings (SSSR count). The smallest absolute Gasteiger partial charge is 0.341 e. The van der Waals surface area contributed by atoms with Crippen molar-refractivity contribution in [3.05, 3.63) is 53.2 Å². The van der Waals surface area contributed by atoms with Gasteiger partial charge in [0.05, 0.1) is 19.3 Å². The Hall–Kier alpha value is -2.14. The zero-order chi connectivity index (χ0) is 14.5. The first-order valence-electron chi connectivity index (χ1n) is 6.43. The molecule has 0 aliphatic rings. The maximum absolute atomic E-state index is 11.5. The average molecular weight is 274 g/mol. The number of furan rings is 1. The van der Waals surface area contributed by atoms with Crippen molar-refractivity contribution in [3.63, 3.8) is 0 Å². The summed E-state index contributed by atoms with van der Waals surface area (Å²) in [5, 5.41) is 3.30. The van der Waals surface area contributed by atoms with Gasteiger partial charge < -0.3 is 14.5 Å². The minimum Gasteiger partial charge on any atom is -0.465 e. The van der Waals surface area contributed by atoms with Gasteiger partial charge in [0.15, 0.2) is 0 Å². The SMILES string of the molecule is COC(=O)c1cc(CN[C@H](C)c2ccccn2)oc1C. The first kappa shape index (κ1) is 14.3. The van der Waals surface area contributed by atoms with Crippen LogP contribution in [0.3, 0.4) is 0 Å². The van der Waals surface area contributed by atoms with Crippen LogP contribution in [0.15, 0.2) is 34.9 Å². The molecule has 2 aromatic rings. The summed E-state index contributed by atoms with van der Waals surface area (Å²) < 4.78 is 10.2. The summed E-state index contributed by atoms with van der Waals surface area (Å²) in [5.74, 6) is 0.889. The third-order valence-corrected chi connectivity index (χ3v) is 3.09. The Morgan fingerprint density at radius 1 is 1.50 bits per heavy atom. The van der Waals surface area contributed by atoms with Crippen LogP contribution in [-0.4, -0.2) is 18.1 Å². The number of carbonyl (C=O) groups is 1. The number of hydrogen-bond acceptors (Lipinski definition) is 5. The second-order valence-electron chi connectivity index (χ2n) is 4.53. The highest BCUT2D eigenvalue weighted by Crippen LogP contribution is 2.17. The van der Waals surface area contributed by atoms with Crippen molar-refractivity contribution in [1.82, 2.24) is 10.3 Å². The molecule has 0 spiro atoms. The zero-order valence-corrected chi connectivity index (χ0v) is 11.8.